The molecule has 2 aromatic heterocycles. The van der Waals surface area contributed by atoms with E-state index in [1.165, 1.54) is 10.9 Å². The summed E-state index contributed by atoms with van der Waals surface area (Å²) < 4.78 is 3.28. The largest absolute Gasteiger partial charge is 0.354 e. The van der Waals surface area contributed by atoms with Gasteiger partial charge in [0.2, 0.25) is 5.91 Å². The van der Waals surface area contributed by atoms with E-state index >= 15 is 0 Å². The van der Waals surface area contributed by atoms with Crippen LogP contribution >= 0.6 is 0 Å². The summed E-state index contributed by atoms with van der Waals surface area (Å²) in [6.45, 7) is 7.25. The highest BCUT2D eigenvalue weighted by Gasteiger charge is 2.11. The summed E-state index contributed by atoms with van der Waals surface area (Å²) in [4.78, 5) is 28.9. The van der Waals surface area contributed by atoms with Crippen LogP contribution in [0.5, 0.6) is 0 Å². The Morgan fingerprint density at radius 1 is 1.27 bits per heavy atom. The van der Waals surface area contributed by atoms with E-state index < -0.39 is 0 Å². The molecule has 0 aliphatic carbocycles. The molecule has 2 heterocycles. The van der Waals surface area contributed by atoms with Gasteiger partial charge in [0.15, 0.2) is 0 Å². The van der Waals surface area contributed by atoms with Crippen molar-refractivity contribution in [1.29, 1.82) is 0 Å². The second kappa shape index (κ2) is 7.51. The highest BCUT2D eigenvalue weighted by Crippen LogP contribution is 2.06. The average Bonchev–Trinajstić information content (AvgIpc) is 2.93. The van der Waals surface area contributed by atoms with E-state index in [4.69, 9.17) is 0 Å². The zero-order valence-corrected chi connectivity index (χ0v) is 15.3. The van der Waals surface area contributed by atoms with Crippen molar-refractivity contribution in [2.45, 2.75) is 33.9 Å². The van der Waals surface area contributed by atoms with Gasteiger partial charge in [0.25, 0.3) is 5.56 Å². The predicted molar refractivity (Wildman–Crippen MR) is 99.9 cm³/mol. The minimum atomic E-state index is -0.207. The number of carbonyl (C=O) groups is 1. The number of fused-ring (bicyclic) bond motifs is 1. The standard InChI is InChI=1S/C19H23N5O2/c1-13(10-24-15(3)8-14(2)22-24)9-20-18(25)11-23-12-21-17-7-5-4-6-16(17)19(23)26/h4-8,12-13H,9-11H2,1-3H3,(H,20,25). The lowest BCUT2D eigenvalue weighted by Gasteiger charge is -2.14. The molecule has 7 heteroatoms. The van der Waals surface area contributed by atoms with Gasteiger partial charge in [0, 0.05) is 18.8 Å². The van der Waals surface area contributed by atoms with Gasteiger partial charge in [0.1, 0.15) is 6.54 Å². The molecule has 1 atom stereocenters. The van der Waals surface area contributed by atoms with Gasteiger partial charge < -0.3 is 5.32 Å². The van der Waals surface area contributed by atoms with Crippen molar-refractivity contribution >= 4 is 16.8 Å². The van der Waals surface area contributed by atoms with E-state index in [1.807, 2.05) is 30.7 Å². The summed E-state index contributed by atoms with van der Waals surface area (Å²) in [6, 6.07) is 9.15. The number of amides is 1. The molecule has 3 aromatic rings. The van der Waals surface area contributed by atoms with Gasteiger partial charge in [-0.2, -0.15) is 5.10 Å². The van der Waals surface area contributed by atoms with E-state index in [0.717, 1.165) is 17.9 Å². The summed E-state index contributed by atoms with van der Waals surface area (Å²) in [6.07, 6.45) is 1.42. The molecule has 1 N–H and O–H groups in total. The molecule has 26 heavy (non-hydrogen) atoms. The Morgan fingerprint density at radius 3 is 2.77 bits per heavy atom. The van der Waals surface area contributed by atoms with Crippen LogP contribution in [0.3, 0.4) is 0 Å². The molecule has 3 rings (SSSR count). The fourth-order valence-corrected chi connectivity index (χ4v) is 2.94. The normalized spacial score (nSPS) is 12.3. The number of nitrogens with one attached hydrogen (secondary N) is 1. The highest BCUT2D eigenvalue weighted by molar-refractivity contribution is 5.78. The first-order valence-corrected chi connectivity index (χ1v) is 8.66. The number of hydrogen-bond donors (Lipinski definition) is 1. The van der Waals surface area contributed by atoms with Crippen LogP contribution in [-0.4, -0.2) is 31.8 Å². The van der Waals surface area contributed by atoms with Crippen LogP contribution in [0.4, 0.5) is 0 Å². The summed E-state index contributed by atoms with van der Waals surface area (Å²) in [5.41, 5.74) is 2.52. The monoisotopic (exact) mass is 353 g/mol. The van der Waals surface area contributed by atoms with E-state index in [1.54, 1.807) is 18.2 Å². The average molecular weight is 353 g/mol. The van der Waals surface area contributed by atoms with Crippen molar-refractivity contribution in [1.82, 2.24) is 24.6 Å². The SMILES string of the molecule is Cc1cc(C)n(CC(C)CNC(=O)Cn2cnc3ccccc3c2=O)n1. The summed E-state index contributed by atoms with van der Waals surface area (Å²) in [5, 5.41) is 7.84. The van der Waals surface area contributed by atoms with Crippen LogP contribution in [0.2, 0.25) is 0 Å². The van der Waals surface area contributed by atoms with Crippen LogP contribution in [0, 0.1) is 19.8 Å². The second-order valence-electron chi connectivity index (χ2n) is 6.71. The zero-order chi connectivity index (χ0) is 18.7. The Bertz CT molecular complexity index is 989. The molecule has 1 aromatic carbocycles. The molecule has 0 aliphatic heterocycles. The van der Waals surface area contributed by atoms with Crippen molar-refractivity contribution in [3.63, 3.8) is 0 Å². The first-order valence-electron chi connectivity index (χ1n) is 8.66. The molecule has 0 aliphatic rings. The Hall–Kier alpha value is -2.96. The van der Waals surface area contributed by atoms with Crippen LogP contribution in [-0.2, 0) is 17.9 Å². The maximum absolute atomic E-state index is 12.4. The number of nitrogens with zero attached hydrogens (tertiary/aromatic N) is 4. The van der Waals surface area contributed by atoms with Crippen molar-refractivity contribution in [2.24, 2.45) is 5.92 Å². The molecule has 0 saturated carbocycles. The van der Waals surface area contributed by atoms with E-state index in [0.29, 0.717) is 17.4 Å². The Balaban J connectivity index is 1.58. The minimum absolute atomic E-state index is 0.0384. The molecule has 7 nitrogen and oxygen atoms in total. The lowest BCUT2D eigenvalue weighted by Crippen LogP contribution is -2.35. The molecule has 0 spiro atoms. The molecule has 136 valence electrons. The number of rotatable bonds is 6. The molecular formula is C19H23N5O2. The summed E-state index contributed by atoms with van der Waals surface area (Å²) in [5.74, 6) is 0.0211. The quantitative estimate of drug-likeness (QED) is 0.731. The first-order chi connectivity index (χ1) is 12.4. The number of benzene rings is 1. The molecule has 0 fully saturated rings. The maximum atomic E-state index is 12.4. The van der Waals surface area contributed by atoms with Gasteiger partial charge in [0.05, 0.1) is 22.9 Å². The summed E-state index contributed by atoms with van der Waals surface area (Å²) in [7, 11) is 0. The maximum Gasteiger partial charge on any atom is 0.261 e. The molecule has 0 bridgehead atoms. The van der Waals surface area contributed by atoms with Crippen molar-refractivity contribution < 1.29 is 4.79 Å². The topological polar surface area (TPSA) is 81.8 Å². The highest BCUT2D eigenvalue weighted by atomic mass is 16.2. The van der Waals surface area contributed by atoms with E-state index in [2.05, 4.69) is 22.3 Å². The van der Waals surface area contributed by atoms with E-state index in [9.17, 15) is 9.59 Å². The number of hydrogen-bond acceptors (Lipinski definition) is 4. The predicted octanol–water partition coefficient (Wildman–Crippen LogP) is 1.66. The fourth-order valence-electron chi connectivity index (χ4n) is 2.94. The van der Waals surface area contributed by atoms with Gasteiger partial charge in [-0.15, -0.1) is 0 Å². The molecule has 0 radical (unpaired) electrons. The smallest absolute Gasteiger partial charge is 0.261 e. The first kappa shape index (κ1) is 17.8. The zero-order valence-electron chi connectivity index (χ0n) is 15.3. The van der Waals surface area contributed by atoms with Crippen molar-refractivity contribution in [3.8, 4) is 0 Å². The third-order valence-corrected chi connectivity index (χ3v) is 4.28. The molecule has 1 unspecified atom stereocenters. The summed E-state index contributed by atoms with van der Waals surface area (Å²) >= 11 is 0. The van der Waals surface area contributed by atoms with Crippen molar-refractivity contribution in [3.05, 3.63) is 58.4 Å². The number of aryl methyl sites for hydroxylation is 2. The van der Waals surface area contributed by atoms with Gasteiger partial charge in [-0.1, -0.05) is 19.1 Å². The third-order valence-electron chi connectivity index (χ3n) is 4.28. The van der Waals surface area contributed by atoms with Crippen LogP contribution in [0.25, 0.3) is 10.9 Å². The molecule has 1 amide bonds. The lowest BCUT2D eigenvalue weighted by molar-refractivity contribution is -0.121. The van der Waals surface area contributed by atoms with Crippen LogP contribution in [0.15, 0.2) is 41.5 Å². The van der Waals surface area contributed by atoms with Gasteiger partial charge in [-0.3, -0.25) is 18.8 Å². The third kappa shape index (κ3) is 3.99. The Morgan fingerprint density at radius 2 is 2.04 bits per heavy atom. The Labute approximate surface area is 151 Å². The number of aromatic nitrogens is 4. The van der Waals surface area contributed by atoms with Gasteiger partial charge in [-0.05, 0) is 38.0 Å². The molecular weight excluding hydrogens is 330 g/mol. The van der Waals surface area contributed by atoms with E-state index in [-0.39, 0.29) is 23.9 Å². The fraction of sp³-hybridized carbons (Fsp3) is 0.368. The molecule has 0 saturated heterocycles. The number of para-hydroxylation sites is 1. The van der Waals surface area contributed by atoms with Gasteiger partial charge >= 0.3 is 0 Å². The minimum Gasteiger partial charge on any atom is -0.354 e. The van der Waals surface area contributed by atoms with Gasteiger partial charge in [-0.25, -0.2) is 4.98 Å². The lowest BCUT2D eigenvalue weighted by atomic mass is 10.2. The van der Waals surface area contributed by atoms with Crippen molar-refractivity contribution in [2.75, 3.05) is 6.54 Å². The Kier molecular flexibility index (Phi) is 5.16. The van der Waals surface area contributed by atoms with Crippen LogP contribution in [0.1, 0.15) is 18.3 Å². The van der Waals surface area contributed by atoms with Crippen LogP contribution < -0.4 is 10.9 Å². The number of carbonyl (C=O) groups excluding carboxylic acids is 1. The second-order valence-corrected chi connectivity index (χ2v) is 6.71.